The Balaban J connectivity index is 1.89. The number of nitrogens with one attached hydrogen (secondary N) is 2. The van der Waals surface area contributed by atoms with E-state index in [9.17, 15) is 14.4 Å². The molecule has 2 N–H and O–H groups in total. The molecule has 130 valence electrons. The number of carbonyl (C=O) groups excluding carboxylic acids is 3. The molecule has 0 bridgehead atoms. The molecule has 24 heavy (non-hydrogen) atoms. The Labute approximate surface area is 141 Å². The lowest BCUT2D eigenvalue weighted by molar-refractivity contribution is -0.119. The Bertz CT molecular complexity index is 600. The van der Waals surface area contributed by atoms with Gasteiger partial charge in [-0.05, 0) is 31.2 Å². The van der Waals surface area contributed by atoms with E-state index in [2.05, 4.69) is 10.6 Å². The number of rotatable bonds is 5. The molecule has 0 radical (unpaired) electrons. The second-order valence-electron chi connectivity index (χ2n) is 5.78. The van der Waals surface area contributed by atoms with Gasteiger partial charge in [0.05, 0.1) is 19.3 Å². The van der Waals surface area contributed by atoms with E-state index in [1.165, 1.54) is 6.92 Å². The van der Waals surface area contributed by atoms with Crippen molar-refractivity contribution in [3.63, 3.8) is 0 Å². The van der Waals surface area contributed by atoms with E-state index in [4.69, 9.17) is 4.74 Å². The molecule has 1 aliphatic rings. The fourth-order valence-corrected chi connectivity index (χ4v) is 2.47. The Morgan fingerprint density at radius 2 is 1.96 bits per heavy atom. The lowest BCUT2D eigenvalue weighted by Crippen LogP contribution is -2.47. The highest BCUT2D eigenvalue weighted by Crippen LogP contribution is 2.15. The van der Waals surface area contributed by atoms with Crippen LogP contribution in [0.25, 0.3) is 0 Å². The molecule has 0 aromatic heterocycles. The van der Waals surface area contributed by atoms with Crippen molar-refractivity contribution in [3.8, 4) is 0 Å². The summed E-state index contributed by atoms with van der Waals surface area (Å²) in [5.74, 6) is -0.387. The van der Waals surface area contributed by atoms with Crippen molar-refractivity contribution in [2.75, 3.05) is 31.6 Å². The van der Waals surface area contributed by atoms with Gasteiger partial charge >= 0.3 is 0 Å². The smallest absolute Gasteiger partial charge is 0.254 e. The van der Waals surface area contributed by atoms with Crippen molar-refractivity contribution in [1.29, 1.82) is 0 Å². The maximum atomic E-state index is 12.5. The molecule has 3 amide bonds. The molecule has 0 spiro atoms. The molecule has 1 unspecified atom stereocenters. The third kappa shape index (κ3) is 5.06. The first-order chi connectivity index (χ1) is 11.5. The zero-order chi connectivity index (χ0) is 17.5. The van der Waals surface area contributed by atoms with Crippen molar-refractivity contribution in [1.82, 2.24) is 10.2 Å². The molecular weight excluding hydrogens is 310 g/mol. The first-order valence-electron chi connectivity index (χ1n) is 8.00. The van der Waals surface area contributed by atoms with Gasteiger partial charge in [-0.1, -0.05) is 0 Å². The summed E-state index contributed by atoms with van der Waals surface area (Å²) in [7, 11) is 0. The van der Waals surface area contributed by atoms with E-state index in [-0.39, 0.29) is 30.2 Å². The zero-order valence-electron chi connectivity index (χ0n) is 14.0. The van der Waals surface area contributed by atoms with Crippen LogP contribution >= 0.6 is 0 Å². The van der Waals surface area contributed by atoms with Crippen LogP contribution in [0.2, 0.25) is 0 Å². The summed E-state index contributed by atoms with van der Waals surface area (Å²) in [6, 6.07) is 6.87. The summed E-state index contributed by atoms with van der Waals surface area (Å²) < 4.78 is 5.34. The van der Waals surface area contributed by atoms with Gasteiger partial charge in [-0.2, -0.15) is 0 Å². The van der Waals surface area contributed by atoms with E-state index in [1.807, 2.05) is 6.92 Å². The number of hydrogen-bond donors (Lipinski definition) is 2. The van der Waals surface area contributed by atoms with Crippen molar-refractivity contribution < 1.29 is 19.1 Å². The molecule has 1 atom stereocenters. The van der Waals surface area contributed by atoms with Crippen molar-refractivity contribution in [3.05, 3.63) is 29.8 Å². The van der Waals surface area contributed by atoms with Crippen LogP contribution < -0.4 is 10.6 Å². The maximum absolute atomic E-state index is 12.5. The molecular formula is C17H23N3O4. The molecule has 7 heteroatoms. The molecule has 2 rings (SSSR count). The van der Waals surface area contributed by atoms with Crippen LogP contribution in [-0.2, 0) is 14.3 Å². The standard InChI is InChI=1S/C17H23N3O4/c1-12-11-24-10-9-20(12)17(23)14-3-5-15(6-4-14)19-16(22)7-8-18-13(2)21/h3-6,12H,7-11H2,1-2H3,(H,18,21)(H,19,22). The van der Waals surface area contributed by atoms with Gasteiger partial charge in [0, 0.05) is 37.7 Å². The average molecular weight is 333 g/mol. The summed E-state index contributed by atoms with van der Waals surface area (Å²) in [6.07, 6.45) is 0.200. The summed E-state index contributed by atoms with van der Waals surface area (Å²) in [6.45, 7) is 5.35. The van der Waals surface area contributed by atoms with Crippen LogP contribution in [0.1, 0.15) is 30.6 Å². The summed E-state index contributed by atoms with van der Waals surface area (Å²) in [4.78, 5) is 36.8. The van der Waals surface area contributed by atoms with Crippen LogP contribution in [0.15, 0.2) is 24.3 Å². The summed E-state index contributed by atoms with van der Waals surface area (Å²) in [5.41, 5.74) is 1.20. The van der Waals surface area contributed by atoms with E-state index >= 15 is 0 Å². The minimum atomic E-state index is -0.190. The fraction of sp³-hybridized carbons (Fsp3) is 0.471. The monoisotopic (exact) mass is 333 g/mol. The third-order valence-electron chi connectivity index (χ3n) is 3.77. The van der Waals surface area contributed by atoms with E-state index in [0.29, 0.717) is 37.6 Å². The molecule has 1 aromatic carbocycles. The normalized spacial score (nSPS) is 17.2. The van der Waals surface area contributed by atoms with E-state index in [0.717, 1.165) is 0 Å². The Hall–Kier alpha value is -2.41. The van der Waals surface area contributed by atoms with Gasteiger partial charge in [-0.25, -0.2) is 0 Å². The third-order valence-corrected chi connectivity index (χ3v) is 3.77. The van der Waals surface area contributed by atoms with Crippen molar-refractivity contribution in [2.45, 2.75) is 26.3 Å². The lowest BCUT2D eigenvalue weighted by atomic mass is 10.1. The van der Waals surface area contributed by atoms with Crippen LogP contribution in [0.5, 0.6) is 0 Å². The number of morpholine rings is 1. The van der Waals surface area contributed by atoms with Crippen LogP contribution in [0.4, 0.5) is 5.69 Å². The molecule has 0 saturated carbocycles. The van der Waals surface area contributed by atoms with Gasteiger partial charge in [0.1, 0.15) is 0 Å². The molecule has 7 nitrogen and oxygen atoms in total. The predicted octanol–water partition coefficient (Wildman–Crippen LogP) is 1.01. The van der Waals surface area contributed by atoms with Crippen LogP contribution in [-0.4, -0.2) is 55.0 Å². The lowest BCUT2D eigenvalue weighted by Gasteiger charge is -2.33. The highest BCUT2D eigenvalue weighted by Gasteiger charge is 2.24. The maximum Gasteiger partial charge on any atom is 0.254 e. The Morgan fingerprint density at radius 1 is 1.25 bits per heavy atom. The number of benzene rings is 1. The fourth-order valence-electron chi connectivity index (χ4n) is 2.47. The van der Waals surface area contributed by atoms with Gasteiger partial charge in [-0.15, -0.1) is 0 Å². The second-order valence-corrected chi connectivity index (χ2v) is 5.78. The zero-order valence-corrected chi connectivity index (χ0v) is 14.0. The van der Waals surface area contributed by atoms with Gasteiger partial charge in [0.2, 0.25) is 11.8 Å². The Morgan fingerprint density at radius 3 is 2.58 bits per heavy atom. The second kappa shape index (κ2) is 8.44. The SMILES string of the molecule is CC(=O)NCCC(=O)Nc1ccc(C(=O)N2CCOCC2C)cc1. The minimum Gasteiger partial charge on any atom is -0.377 e. The first-order valence-corrected chi connectivity index (χ1v) is 8.00. The predicted molar refractivity (Wildman–Crippen MR) is 89.7 cm³/mol. The molecule has 1 aliphatic heterocycles. The number of nitrogens with zero attached hydrogens (tertiary/aromatic N) is 1. The van der Waals surface area contributed by atoms with Gasteiger partial charge < -0.3 is 20.3 Å². The van der Waals surface area contributed by atoms with Crippen LogP contribution in [0.3, 0.4) is 0 Å². The topological polar surface area (TPSA) is 87.7 Å². The molecule has 1 saturated heterocycles. The van der Waals surface area contributed by atoms with E-state index < -0.39 is 0 Å². The quantitative estimate of drug-likeness (QED) is 0.842. The van der Waals surface area contributed by atoms with Crippen molar-refractivity contribution >= 4 is 23.4 Å². The first kappa shape index (κ1) is 17.9. The van der Waals surface area contributed by atoms with E-state index in [1.54, 1.807) is 29.2 Å². The van der Waals surface area contributed by atoms with Gasteiger partial charge in [0.15, 0.2) is 0 Å². The molecule has 1 heterocycles. The van der Waals surface area contributed by atoms with Gasteiger partial charge in [-0.3, -0.25) is 14.4 Å². The molecule has 1 fully saturated rings. The van der Waals surface area contributed by atoms with Gasteiger partial charge in [0.25, 0.3) is 5.91 Å². The minimum absolute atomic E-state index is 0.0330. The highest BCUT2D eigenvalue weighted by molar-refractivity contribution is 5.96. The van der Waals surface area contributed by atoms with Crippen molar-refractivity contribution in [2.24, 2.45) is 0 Å². The Kier molecular flexibility index (Phi) is 6.31. The molecule has 0 aliphatic carbocycles. The number of carbonyl (C=O) groups is 3. The number of anilines is 1. The highest BCUT2D eigenvalue weighted by atomic mass is 16.5. The number of amides is 3. The number of ether oxygens (including phenoxy) is 1. The molecule has 1 aromatic rings. The summed E-state index contributed by atoms with van der Waals surface area (Å²) in [5, 5.41) is 5.30. The average Bonchev–Trinajstić information content (AvgIpc) is 2.55. The largest absolute Gasteiger partial charge is 0.377 e. The van der Waals surface area contributed by atoms with Crippen LogP contribution in [0, 0.1) is 0 Å². The summed E-state index contributed by atoms with van der Waals surface area (Å²) >= 11 is 0. The number of hydrogen-bond acceptors (Lipinski definition) is 4.